The van der Waals surface area contributed by atoms with Gasteiger partial charge < -0.3 is 9.84 Å². The fraction of sp³-hybridized carbons (Fsp3) is 0.0769. The maximum atomic E-state index is 13.6. The molecule has 0 atom stereocenters. The maximum absolute atomic E-state index is 13.6. The zero-order valence-corrected chi connectivity index (χ0v) is 9.08. The number of benzene rings is 2. The number of aromatic hydroxyl groups is 1. The first-order chi connectivity index (χ1) is 8.13. The van der Waals surface area contributed by atoms with Crippen LogP contribution in [0.5, 0.6) is 11.5 Å². The lowest BCUT2D eigenvalue weighted by Gasteiger charge is -2.09. The fourth-order valence-corrected chi connectivity index (χ4v) is 1.61. The van der Waals surface area contributed by atoms with Crippen molar-refractivity contribution in [1.82, 2.24) is 0 Å². The minimum absolute atomic E-state index is 0.128. The Hall–Kier alpha value is -2.10. The molecule has 0 aliphatic carbocycles. The molecule has 0 spiro atoms. The van der Waals surface area contributed by atoms with Crippen molar-refractivity contribution in [3.05, 3.63) is 48.0 Å². The number of rotatable bonds is 2. The van der Waals surface area contributed by atoms with Gasteiger partial charge in [-0.3, -0.25) is 0 Å². The van der Waals surface area contributed by atoms with E-state index >= 15 is 0 Å². The number of phenolic OH excluding ortho intramolecular Hbond substituents is 1. The summed E-state index contributed by atoms with van der Waals surface area (Å²) in [6, 6.07) is 7.90. The van der Waals surface area contributed by atoms with Gasteiger partial charge in [0.2, 0.25) is 0 Å². The summed E-state index contributed by atoms with van der Waals surface area (Å²) in [7, 11) is 1.40. The van der Waals surface area contributed by atoms with Gasteiger partial charge in [-0.2, -0.15) is 0 Å². The summed E-state index contributed by atoms with van der Waals surface area (Å²) in [6.45, 7) is 0. The van der Waals surface area contributed by atoms with Crippen molar-refractivity contribution < 1.29 is 18.6 Å². The summed E-state index contributed by atoms with van der Waals surface area (Å²) in [5.41, 5.74) is 0.393. The van der Waals surface area contributed by atoms with Gasteiger partial charge in [-0.05, 0) is 18.2 Å². The lowest BCUT2D eigenvalue weighted by Crippen LogP contribution is -1.89. The van der Waals surface area contributed by atoms with Crippen molar-refractivity contribution >= 4 is 0 Å². The summed E-state index contributed by atoms with van der Waals surface area (Å²) in [4.78, 5) is 0. The largest absolute Gasteiger partial charge is 0.504 e. The molecule has 0 aliphatic heterocycles. The first kappa shape index (κ1) is 11.4. The van der Waals surface area contributed by atoms with Crippen molar-refractivity contribution in [3.63, 3.8) is 0 Å². The molecule has 2 rings (SSSR count). The monoisotopic (exact) mass is 236 g/mol. The van der Waals surface area contributed by atoms with Gasteiger partial charge in [0.15, 0.2) is 11.5 Å². The Morgan fingerprint density at radius 3 is 2.47 bits per heavy atom. The Labute approximate surface area is 97.1 Å². The van der Waals surface area contributed by atoms with Crippen LogP contribution in [0.25, 0.3) is 11.1 Å². The van der Waals surface area contributed by atoms with Crippen LogP contribution in [0.4, 0.5) is 8.78 Å². The van der Waals surface area contributed by atoms with Crippen LogP contribution in [0.2, 0.25) is 0 Å². The van der Waals surface area contributed by atoms with Crippen LogP contribution in [0, 0.1) is 11.6 Å². The highest BCUT2D eigenvalue weighted by Crippen LogP contribution is 2.37. The van der Waals surface area contributed by atoms with Crippen LogP contribution in [0.15, 0.2) is 36.4 Å². The number of para-hydroxylation sites is 1. The summed E-state index contributed by atoms with van der Waals surface area (Å²) < 4.78 is 31.3. The van der Waals surface area contributed by atoms with Gasteiger partial charge in [-0.15, -0.1) is 0 Å². The molecule has 0 saturated heterocycles. The van der Waals surface area contributed by atoms with E-state index < -0.39 is 11.6 Å². The Morgan fingerprint density at radius 2 is 1.82 bits per heavy atom. The standard InChI is InChI=1S/C13H10F2O2/c1-17-12-4-2-3-10(13(12)16)9-6-5-8(14)7-11(9)15/h2-7,16H,1H3. The van der Waals surface area contributed by atoms with Gasteiger partial charge in [-0.25, -0.2) is 8.78 Å². The topological polar surface area (TPSA) is 29.5 Å². The maximum Gasteiger partial charge on any atom is 0.165 e. The summed E-state index contributed by atoms with van der Waals surface area (Å²) in [5.74, 6) is -1.31. The first-order valence-corrected chi connectivity index (χ1v) is 4.95. The van der Waals surface area contributed by atoms with E-state index in [1.165, 1.54) is 19.2 Å². The normalized spacial score (nSPS) is 10.3. The number of hydrogen-bond acceptors (Lipinski definition) is 2. The molecule has 88 valence electrons. The first-order valence-electron chi connectivity index (χ1n) is 4.95. The molecule has 4 heteroatoms. The van der Waals surface area contributed by atoms with Crippen LogP contribution in [-0.2, 0) is 0 Å². The van der Waals surface area contributed by atoms with Crippen molar-refractivity contribution in [3.8, 4) is 22.6 Å². The Bertz CT molecular complexity index is 553. The second kappa shape index (κ2) is 4.41. The van der Waals surface area contributed by atoms with Crippen molar-refractivity contribution in [2.24, 2.45) is 0 Å². The van der Waals surface area contributed by atoms with Gasteiger partial charge in [0.05, 0.1) is 7.11 Å². The average molecular weight is 236 g/mol. The number of phenols is 1. The predicted octanol–water partition coefficient (Wildman–Crippen LogP) is 3.35. The summed E-state index contributed by atoms with van der Waals surface area (Å²) >= 11 is 0. The SMILES string of the molecule is COc1cccc(-c2ccc(F)cc2F)c1O. The fourth-order valence-electron chi connectivity index (χ4n) is 1.61. The molecule has 0 amide bonds. The molecule has 2 aromatic rings. The Kier molecular flexibility index (Phi) is 2.95. The number of hydrogen-bond donors (Lipinski definition) is 1. The van der Waals surface area contributed by atoms with E-state index in [1.54, 1.807) is 12.1 Å². The molecule has 0 radical (unpaired) electrons. The van der Waals surface area contributed by atoms with Gasteiger partial charge >= 0.3 is 0 Å². The van der Waals surface area contributed by atoms with E-state index in [4.69, 9.17) is 4.74 Å². The number of ether oxygens (including phenoxy) is 1. The lowest BCUT2D eigenvalue weighted by molar-refractivity contribution is 0.374. The van der Waals surface area contributed by atoms with Gasteiger partial charge in [0.1, 0.15) is 11.6 Å². The Morgan fingerprint density at radius 1 is 1.06 bits per heavy atom. The molecule has 0 saturated carbocycles. The van der Waals surface area contributed by atoms with Gasteiger partial charge in [0, 0.05) is 17.2 Å². The van der Waals surface area contributed by atoms with E-state index in [-0.39, 0.29) is 22.6 Å². The van der Waals surface area contributed by atoms with E-state index in [1.807, 2.05) is 0 Å². The molecule has 0 aliphatic rings. The van der Waals surface area contributed by atoms with E-state index in [0.717, 1.165) is 12.1 Å². The lowest BCUT2D eigenvalue weighted by atomic mass is 10.0. The quantitative estimate of drug-likeness (QED) is 0.866. The highest BCUT2D eigenvalue weighted by Gasteiger charge is 2.13. The third-order valence-corrected chi connectivity index (χ3v) is 2.44. The molecule has 0 heterocycles. The van der Waals surface area contributed by atoms with Crippen LogP contribution in [-0.4, -0.2) is 12.2 Å². The highest BCUT2D eigenvalue weighted by atomic mass is 19.1. The van der Waals surface area contributed by atoms with Crippen molar-refractivity contribution in [2.75, 3.05) is 7.11 Å². The third kappa shape index (κ3) is 2.06. The average Bonchev–Trinajstić information content (AvgIpc) is 2.30. The van der Waals surface area contributed by atoms with Crippen LogP contribution < -0.4 is 4.74 Å². The van der Waals surface area contributed by atoms with Crippen LogP contribution in [0.3, 0.4) is 0 Å². The molecule has 0 unspecified atom stereocenters. The molecular weight excluding hydrogens is 226 g/mol. The van der Waals surface area contributed by atoms with Crippen molar-refractivity contribution in [2.45, 2.75) is 0 Å². The van der Waals surface area contributed by atoms with E-state index in [0.29, 0.717) is 0 Å². The van der Waals surface area contributed by atoms with Crippen LogP contribution in [0.1, 0.15) is 0 Å². The smallest absolute Gasteiger partial charge is 0.165 e. The minimum atomic E-state index is -0.728. The number of halogens is 2. The van der Waals surface area contributed by atoms with E-state index in [2.05, 4.69) is 0 Å². The summed E-state index contributed by atoms with van der Waals surface area (Å²) in [6.07, 6.45) is 0. The zero-order valence-electron chi connectivity index (χ0n) is 9.08. The van der Waals surface area contributed by atoms with E-state index in [9.17, 15) is 13.9 Å². The van der Waals surface area contributed by atoms with Gasteiger partial charge in [-0.1, -0.05) is 12.1 Å². The second-order valence-electron chi connectivity index (χ2n) is 3.48. The molecule has 0 bridgehead atoms. The second-order valence-corrected chi connectivity index (χ2v) is 3.48. The molecule has 0 fully saturated rings. The molecule has 0 aromatic heterocycles. The molecule has 2 nitrogen and oxygen atoms in total. The minimum Gasteiger partial charge on any atom is -0.504 e. The molecular formula is C13H10F2O2. The predicted molar refractivity (Wildman–Crippen MR) is 60.0 cm³/mol. The highest BCUT2D eigenvalue weighted by molar-refractivity contribution is 5.73. The van der Waals surface area contributed by atoms with Crippen molar-refractivity contribution in [1.29, 1.82) is 0 Å². The van der Waals surface area contributed by atoms with Gasteiger partial charge in [0.25, 0.3) is 0 Å². The zero-order chi connectivity index (χ0) is 12.4. The number of methoxy groups -OCH3 is 1. The molecule has 17 heavy (non-hydrogen) atoms. The summed E-state index contributed by atoms with van der Waals surface area (Å²) in [5, 5.41) is 9.85. The van der Waals surface area contributed by atoms with Crippen LogP contribution >= 0.6 is 0 Å². The Balaban J connectivity index is 2.60. The molecule has 2 aromatic carbocycles. The third-order valence-electron chi connectivity index (χ3n) is 2.44. The molecule has 1 N–H and O–H groups in total.